The fraction of sp³-hybridized carbons (Fsp3) is 0.200. The molecule has 3 aromatic rings. The number of benzene rings is 3. The highest BCUT2D eigenvalue weighted by Crippen LogP contribution is 2.41. The van der Waals surface area contributed by atoms with Crippen LogP contribution < -0.4 is 16.0 Å². The number of nitrogens with one attached hydrogen (secondary N) is 1. The van der Waals surface area contributed by atoms with Crippen molar-refractivity contribution in [2.24, 2.45) is 0 Å². The topological polar surface area (TPSA) is 75.4 Å². The molecule has 30 heavy (non-hydrogen) atoms. The molecule has 0 bridgehead atoms. The van der Waals surface area contributed by atoms with Crippen molar-refractivity contribution in [3.8, 4) is 0 Å². The lowest BCUT2D eigenvalue weighted by molar-refractivity contribution is 0.0980. The molecule has 3 N–H and O–H groups in total. The van der Waals surface area contributed by atoms with Crippen LogP contribution in [0.2, 0.25) is 0 Å². The first-order valence-corrected chi connectivity index (χ1v) is 10.3. The maximum Gasteiger partial charge on any atom is 0.196 e. The van der Waals surface area contributed by atoms with Gasteiger partial charge in [-0.2, -0.15) is 0 Å². The summed E-state index contributed by atoms with van der Waals surface area (Å²) in [7, 11) is 0. The Morgan fingerprint density at radius 3 is 2.10 bits per heavy atom. The summed E-state index contributed by atoms with van der Waals surface area (Å²) in [6.45, 7) is 2.36. The molecular weight excluding hydrogens is 374 g/mol. The first kappa shape index (κ1) is 18.4. The second-order valence-electron chi connectivity index (χ2n) is 7.84. The predicted molar refractivity (Wildman–Crippen MR) is 119 cm³/mol. The van der Waals surface area contributed by atoms with Crippen LogP contribution in [0.15, 0.2) is 60.7 Å². The summed E-state index contributed by atoms with van der Waals surface area (Å²) in [4.78, 5) is 29.0. The van der Waals surface area contributed by atoms with Crippen molar-refractivity contribution in [1.29, 1.82) is 0 Å². The van der Waals surface area contributed by atoms with Crippen molar-refractivity contribution >= 4 is 28.6 Å². The summed E-state index contributed by atoms with van der Waals surface area (Å²) in [5.41, 5.74) is 11.1. The summed E-state index contributed by atoms with van der Waals surface area (Å²) >= 11 is 0. The van der Waals surface area contributed by atoms with Crippen molar-refractivity contribution in [1.82, 2.24) is 0 Å². The van der Waals surface area contributed by atoms with Crippen molar-refractivity contribution < 1.29 is 9.59 Å². The van der Waals surface area contributed by atoms with Crippen LogP contribution in [0.5, 0.6) is 0 Å². The Kier molecular flexibility index (Phi) is 4.51. The molecule has 0 amide bonds. The SMILES string of the molecule is Nc1c(N2CCCC2)cc(NCc2ccccc2)c2c1C(=O)c1ccccc1C2=O. The zero-order valence-corrected chi connectivity index (χ0v) is 16.7. The summed E-state index contributed by atoms with van der Waals surface area (Å²) < 4.78 is 0. The van der Waals surface area contributed by atoms with Gasteiger partial charge in [0, 0.05) is 36.4 Å². The third-order valence-electron chi connectivity index (χ3n) is 5.99. The Morgan fingerprint density at radius 1 is 0.833 bits per heavy atom. The van der Waals surface area contributed by atoms with Crippen molar-refractivity contribution in [3.63, 3.8) is 0 Å². The van der Waals surface area contributed by atoms with Gasteiger partial charge in [0.05, 0.1) is 22.5 Å². The first-order chi connectivity index (χ1) is 14.6. The van der Waals surface area contributed by atoms with E-state index in [9.17, 15) is 9.59 Å². The van der Waals surface area contributed by atoms with Crippen LogP contribution in [0.3, 0.4) is 0 Å². The minimum atomic E-state index is -0.179. The zero-order chi connectivity index (χ0) is 20.7. The van der Waals surface area contributed by atoms with Gasteiger partial charge < -0.3 is 16.0 Å². The number of nitrogens with zero attached hydrogens (tertiary/aromatic N) is 1. The van der Waals surface area contributed by atoms with E-state index in [0.717, 1.165) is 37.2 Å². The van der Waals surface area contributed by atoms with E-state index in [4.69, 9.17) is 5.73 Å². The highest BCUT2D eigenvalue weighted by atomic mass is 16.1. The van der Waals surface area contributed by atoms with Gasteiger partial charge in [-0.25, -0.2) is 0 Å². The molecule has 1 saturated heterocycles. The van der Waals surface area contributed by atoms with E-state index in [-0.39, 0.29) is 11.6 Å². The van der Waals surface area contributed by atoms with Crippen molar-refractivity contribution in [2.75, 3.05) is 29.0 Å². The fourth-order valence-electron chi connectivity index (χ4n) is 4.46. The van der Waals surface area contributed by atoms with E-state index in [1.165, 1.54) is 0 Å². The van der Waals surface area contributed by atoms with Gasteiger partial charge in [0.2, 0.25) is 0 Å². The van der Waals surface area contributed by atoms with Crippen LogP contribution in [0.25, 0.3) is 0 Å². The molecule has 5 rings (SSSR count). The normalized spacial score (nSPS) is 15.1. The molecule has 150 valence electrons. The van der Waals surface area contributed by atoms with Crippen molar-refractivity contribution in [2.45, 2.75) is 19.4 Å². The Hall–Kier alpha value is -3.60. The third-order valence-corrected chi connectivity index (χ3v) is 5.99. The molecule has 1 aliphatic heterocycles. The monoisotopic (exact) mass is 397 g/mol. The van der Waals surface area contributed by atoms with Gasteiger partial charge in [0.15, 0.2) is 11.6 Å². The molecule has 3 aromatic carbocycles. The Balaban J connectivity index is 1.66. The van der Waals surface area contributed by atoms with Crippen LogP contribution in [0.4, 0.5) is 17.1 Å². The van der Waals surface area contributed by atoms with E-state index in [0.29, 0.717) is 40.2 Å². The van der Waals surface area contributed by atoms with Gasteiger partial charge in [0.25, 0.3) is 0 Å². The molecule has 0 aromatic heterocycles. The first-order valence-electron chi connectivity index (χ1n) is 10.3. The maximum absolute atomic E-state index is 13.4. The lowest BCUT2D eigenvalue weighted by Gasteiger charge is -2.28. The largest absolute Gasteiger partial charge is 0.396 e. The molecule has 0 radical (unpaired) electrons. The van der Waals surface area contributed by atoms with E-state index in [1.54, 1.807) is 24.3 Å². The number of anilines is 3. The summed E-state index contributed by atoms with van der Waals surface area (Å²) in [6, 6.07) is 18.9. The van der Waals surface area contributed by atoms with E-state index >= 15 is 0 Å². The van der Waals surface area contributed by atoms with Gasteiger partial charge in [-0.05, 0) is 24.5 Å². The van der Waals surface area contributed by atoms with Gasteiger partial charge in [-0.15, -0.1) is 0 Å². The summed E-state index contributed by atoms with van der Waals surface area (Å²) in [5.74, 6) is -0.336. The highest BCUT2D eigenvalue weighted by Gasteiger charge is 2.35. The van der Waals surface area contributed by atoms with Crippen LogP contribution >= 0.6 is 0 Å². The lowest BCUT2D eigenvalue weighted by atomic mass is 9.81. The Labute approximate surface area is 175 Å². The van der Waals surface area contributed by atoms with Crippen LogP contribution in [-0.2, 0) is 6.54 Å². The molecule has 2 aliphatic rings. The number of carbonyl (C=O) groups excluding carboxylic acids is 2. The molecule has 1 fully saturated rings. The van der Waals surface area contributed by atoms with Crippen molar-refractivity contribution in [3.05, 3.63) is 88.5 Å². The molecule has 0 spiro atoms. The van der Waals surface area contributed by atoms with Crippen LogP contribution in [0.1, 0.15) is 50.2 Å². The second kappa shape index (κ2) is 7.34. The second-order valence-corrected chi connectivity index (χ2v) is 7.84. The average molecular weight is 397 g/mol. The van der Waals surface area contributed by atoms with E-state index < -0.39 is 0 Å². The van der Waals surface area contributed by atoms with Gasteiger partial charge >= 0.3 is 0 Å². The molecule has 0 unspecified atom stereocenters. The number of ketones is 2. The Bertz CT molecular complexity index is 1150. The minimum Gasteiger partial charge on any atom is -0.396 e. The number of carbonyl (C=O) groups is 2. The van der Waals surface area contributed by atoms with E-state index in [1.807, 2.05) is 36.4 Å². The number of fused-ring (bicyclic) bond motifs is 2. The predicted octanol–water partition coefficient (Wildman–Crippen LogP) is 4.26. The zero-order valence-electron chi connectivity index (χ0n) is 16.7. The lowest BCUT2D eigenvalue weighted by Crippen LogP contribution is -2.27. The Morgan fingerprint density at radius 2 is 1.43 bits per heavy atom. The summed E-state index contributed by atoms with van der Waals surface area (Å²) in [5, 5.41) is 3.41. The third kappa shape index (κ3) is 2.94. The molecule has 5 heteroatoms. The van der Waals surface area contributed by atoms with Crippen LogP contribution in [0, 0.1) is 0 Å². The van der Waals surface area contributed by atoms with Gasteiger partial charge in [-0.3, -0.25) is 9.59 Å². The number of hydrogen-bond acceptors (Lipinski definition) is 5. The highest BCUT2D eigenvalue weighted by molar-refractivity contribution is 6.32. The standard InChI is InChI=1S/C25H23N3O2/c26-23-20(28-12-6-7-13-28)14-19(27-15-16-8-2-1-3-9-16)21-22(23)25(30)18-11-5-4-10-17(18)24(21)29/h1-5,8-11,14,27H,6-7,12-13,15,26H2. The molecule has 5 nitrogen and oxygen atoms in total. The smallest absolute Gasteiger partial charge is 0.196 e. The van der Waals surface area contributed by atoms with E-state index in [2.05, 4.69) is 10.2 Å². The molecule has 1 heterocycles. The summed E-state index contributed by atoms with van der Waals surface area (Å²) in [6.07, 6.45) is 2.19. The van der Waals surface area contributed by atoms with Gasteiger partial charge in [0.1, 0.15) is 0 Å². The average Bonchev–Trinajstić information content (AvgIpc) is 3.32. The number of rotatable bonds is 4. The quantitative estimate of drug-likeness (QED) is 0.504. The molecular formula is C25H23N3O2. The maximum atomic E-state index is 13.4. The number of nitrogens with two attached hydrogens (primary N) is 1. The molecule has 0 saturated carbocycles. The molecule has 0 atom stereocenters. The van der Waals surface area contributed by atoms with Crippen LogP contribution in [-0.4, -0.2) is 24.7 Å². The number of hydrogen-bond donors (Lipinski definition) is 2. The number of nitrogen functional groups attached to an aromatic ring is 1. The fourth-order valence-corrected chi connectivity index (χ4v) is 4.46. The molecule has 1 aliphatic carbocycles. The minimum absolute atomic E-state index is 0.157. The van der Waals surface area contributed by atoms with Gasteiger partial charge in [-0.1, -0.05) is 54.6 Å².